The monoisotopic (exact) mass is 403 g/mol. The van der Waals surface area contributed by atoms with Crippen LogP contribution >= 0.6 is 0 Å². The van der Waals surface area contributed by atoms with Gasteiger partial charge in [-0.05, 0) is 56.6 Å². The first-order valence-electron chi connectivity index (χ1n) is 10.2. The summed E-state index contributed by atoms with van der Waals surface area (Å²) >= 11 is 0. The third kappa shape index (κ3) is 7.77. The third-order valence-corrected chi connectivity index (χ3v) is 5.43. The molecule has 0 radical (unpaired) electrons. The largest absolute Gasteiger partial charge is 0.394 e. The van der Waals surface area contributed by atoms with E-state index >= 15 is 0 Å². The molecule has 4 N–H and O–H groups in total. The Balaban J connectivity index is 2.76. The number of hydrogen-bond donors (Lipinski definition) is 4. The SMILES string of the molecule is CC1=C(/C=C/C(C)=C/C=C/C(C)=C/C(=O)NC(CO)(CO)CO)C(C)(C)CCC1. The minimum atomic E-state index is -1.42. The van der Waals surface area contributed by atoms with Gasteiger partial charge in [0.2, 0.25) is 5.91 Å². The number of hydrogen-bond acceptors (Lipinski definition) is 4. The number of aliphatic hydroxyl groups excluding tert-OH is 3. The molecule has 0 saturated carbocycles. The molecule has 29 heavy (non-hydrogen) atoms. The highest BCUT2D eigenvalue weighted by molar-refractivity contribution is 5.89. The van der Waals surface area contributed by atoms with Crippen LogP contribution in [-0.4, -0.2) is 46.6 Å². The predicted octanol–water partition coefficient (Wildman–Crippen LogP) is 3.35. The molecule has 0 atom stereocenters. The van der Waals surface area contributed by atoms with E-state index in [4.69, 9.17) is 0 Å². The van der Waals surface area contributed by atoms with Gasteiger partial charge >= 0.3 is 0 Å². The average Bonchev–Trinajstić information content (AvgIpc) is 2.65. The van der Waals surface area contributed by atoms with Crippen LogP contribution in [0.5, 0.6) is 0 Å². The van der Waals surface area contributed by atoms with Gasteiger partial charge in [0.05, 0.1) is 19.8 Å². The Bertz CT molecular complexity index is 711. The van der Waals surface area contributed by atoms with Crippen molar-refractivity contribution in [2.45, 2.75) is 59.4 Å². The Hall–Kier alpha value is -1.95. The van der Waals surface area contributed by atoms with Crippen LogP contribution in [0.2, 0.25) is 0 Å². The molecule has 0 aromatic rings. The molecule has 0 saturated heterocycles. The van der Waals surface area contributed by atoms with Crippen LogP contribution < -0.4 is 5.32 Å². The molecule has 5 nitrogen and oxygen atoms in total. The van der Waals surface area contributed by atoms with Crippen molar-refractivity contribution in [3.05, 3.63) is 58.7 Å². The van der Waals surface area contributed by atoms with E-state index in [2.05, 4.69) is 38.2 Å². The Morgan fingerprint density at radius 3 is 2.28 bits per heavy atom. The highest BCUT2D eigenvalue weighted by Crippen LogP contribution is 2.40. The number of rotatable bonds is 9. The summed E-state index contributed by atoms with van der Waals surface area (Å²) in [5, 5.41) is 30.3. The Labute approximate surface area is 175 Å². The molecule has 0 spiro atoms. The van der Waals surface area contributed by atoms with Gasteiger partial charge < -0.3 is 20.6 Å². The molecule has 0 bridgehead atoms. The Morgan fingerprint density at radius 1 is 1.10 bits per heavy atom. The second-order valence-electron chi connectivity index (χ2n) is 8.67. The normalized spacial score (nSPS) is 18.8. The van der Waals surface area contributed by atoms with Crippen molar-refractivity contribution >= 4 is 5.91 Å². The van der Waals surface area contributed by atoms with Gasteiger partial charge in [-0.2, -0.15) is 0 Å². The van der Waals surface area contributed by atoms with Gasteiger partial charge in [-0.1, -0.05) is 55.4 Å². The summed E-state index contributed by atoms with van der Waals surface area (Å²) in [4.78, 5) is 12.0. The van der Waals surface area contributed by atoms with Crippen molar-refractivity contribution in [3.63, 3.8) is 0 Å². The first-order chi connectivity index (χ1) is 13.6. The lowest BCUT2D eigenvalue weighted by Gasteiger charge is -2.32. The number of carbonyl (C=O) groups is 1. The van der Waals surface area contributed by atoms with Crippen molar-refractivity contribution in [3.8, 4) is 0 Å². The fraction of sp³-hybridized carbons (Fsp3) is 0.542. The minimum Gasteiger partial charge on any atom is -0.394 e. The molecule has 1 aliphatic carbocycles. The highest BCUT2D eigenvalue weighted by atomic mass is 16.3. The quantitative estimate of drug-likeness (QED) is 0.351. The van der Waals surface area contributed by atoms with Gasteiger partial charge in [-0.15, -0.1) is 0 Å². The topological polar surface area (TPSA) is 89.8 Å². The summed E-state index contributed by atoms with van der Waals surface area (Å²) in [6, 6.07) is 0. The second kappa shape index (κ2) is 11.3. The maximum absolute atomic E-state index is 12.0. The molecule has 1 amide bonds. The number of allylic oxidation sites excluding steroid dienone is 9. The van der Waals surface area contributed by atoms with Gasteiger partial charge in [-0.3, -0.25) is 4.79 Å². The fourth-order valence-corrected chi connectivity index (χ4v) is 3.45. The van der Waals surface area contributed by atoms with Gasteiger partial charge in [0.1, 0.15) is 5.54 Å². The summed E-state index contributed by atoms with van der Waals surface area (Å²) in [6.45, 7) is 9.00. The molecule has 0 aliphatic heterocycles. The predicted molar refractivity (Wildman–Crippen MR) is 118 cm³/mol. The van der Waals surface area contributed by atoms with Gasteiger partial charge in [0.15, 0.2) is 0 Å². The fourth-order valence-electron chi connectivity index (χ4n) is 3.45. The van der Waals surface area contributed by atoms with Crippen molar-refractivity contribution < 1.29 is 20.1 Å². The summed E-state index contributed by atoms with van der Waals surface area (Å²) < 4.78 is 0. The van der Waals surface area contributed by atoms with E-state index in [-0.39, 0.29) is 5.41 Å². The van der Waals surface area contributed by atoms with Crippen molar-refractivity contribution in [2.75, 3.05) is 19.8 Å². The maximum Gasteiger partial charge on any atom is 0.244 e. The zero-order valence-corrected chi connectivity index (χ0v) is 18.5. The van der Waals surface area contributed by atoms with E-state index in [0.717, 1.165) is 5.57 Å². The standard InChI is InChI=1S/C24H37NO4/c1-18(11-12-21-20(3)10-7-13-23(21,4)5)8-6-9-19(2)14-22(29)25-24(15-26,16-27)17-28/h6,8-9,11-12,14,26-28H,7,10,13,15-17H2,1-5H3,(H,25,29)/b9-6+,12-11+,18-8+,19-14+. The van der Waals surface area contributed by atoms with Crippen LogP contribution in [0.4, 0.5) is 0 Å². The van der Waals surface area contributed by atoms with Crippen LogP contribution in [0.25, 0.3) is 0 Å². The number of carbonyl (C=O) groups excluding carboxylic acids is 1. The molecule has 0 aromatic carbocycles. The lowest BCUT2D eigenvalue weighted by Crippen LogP contribution is -2.56. The van der Waals surface area contributed by atoms with E-state index in [0.29, 0.717) is 5.57 Å². The van der Waals surface area contributed by atoms with E-state index in [1.54, 1.807) is 6.92 Å². The molecule has 0 fully saturated rings. The zero-order valence-electron chi connectivity index (χ0n) is 18.5. The Morgan fingerprint density at radius 2 is 1.72 bits per heavy atom. The van der Waals surface area contributed by atoms with Crippen LogP contribution in [0.15, 0.2) is 58.7 Å². The summed E-state index contributed by atoms with van der Waals surface area (Å²) in [6.07, 6.45) is 15.0. The molecule has 0 unspecified atom stereocenters. The number of aliphatic hydroxyl groups is 3. The van der Waals surface area contributed by atoms with Crippen molar-refractivity contribution in [2.24, 2.45) is 5.41 Å². The molecule has 1 rings (SSSR count). The lowest BCUT2D eigenvalue weighted by atomic mass is 9.72. The van der Waals surface area contributed by atoms with E-state index < -0.39 is 31.3 Å². The zero-order chi connectivity index (χ0) is 22.1. The van der Waals surface area contributed by atoms with Gasteiger partial charge in [-0.25, -0.2) is 0 Å². The van der Waals surface area contributed by atoms with Crippen molar-refractivity contribution in [1.82, 2.24) is 5.32 Å². The van der Waals surface area contributed by atoms with Crippen molar-refractivity contribution in [1.29, 1.82) is 0 Å². The average molecular weight is 404 g/mol. The number of nitrogens with one attached hydrogen (secondary N) is 1. The summed E-state index contributed by atoms with van der Waals surface area (Å²) in [7, 11) is 0. The van der Waals surface area contributed by atoms with E-state index in [1.165, 1.54) is 36.5 Å². The van der Waals surface area contributed by atoms with Gasteiger partial charge in [0.25, 0.3) is 0 Å². The molecular formula is C24H37NO4. The first kappa shape index (κ1) is 25.1. The molecule has 0 heterocycles. The first-order valence-corrected chi connectivity index (χ1v) is 10.2. The third-order valence-electron chi connectivity index (χ3n) is 5.43. The smallest absolute Gasteiger partial charge is 0.244 e. The maximum atomic E-state index is 12.0. The minimum absolute atomic E-state index is 0.217. The van der Waals surface area contributed by atoms with Crippen LogP contribution in [0.3, 0.4) is 0 Å². The summed E-state index contributed by atoms with van der Waals surface area (Å²) in [5.74, 6) is -0.480. The molecule has 0 aromatic heterocycles. The molecule has 1 aliphatic rings. The number of amides is 1. The summed E-state index contributed by atoms with van der Waals surface area (Å²) in [5.41, 5.74) is 3.52. The molecular weight excluding hydrogens is 366 g/mol. The highest BCUT2D eigenvalue weighted by Gasteiger charge is 2.29. The lowest BCUT2D eigenvalue weighted by molar-refractivity contribution is -0.120. The second-order valence-corrected chi connectivity index (χ2v) is 8.67. The van der Waals surface area contributed by atoms with E-state index in [1.807, 2.05) is 25.2 Å². The van der Waals surface area contributed by atoms with Crippen LogP contribution in [-0.2, 0) is 4.79 Å². The molecule has 5 heteroatoms. The van der Waals surface area contributed by atoms with Crippen LogP contribution in [0, 0.1) is 5.41 Å². The van der Waals surface area contributed by atoms with E-state index in [9.17, 15) is 20.1 Å². The Kier molecular flexibility index (Phi) is 9.77. The molecule has 162 valence electrons. The van der Waals surface area contributed by atoms with Gasteiger partial charge in [0, 0.05) is 6.08 Å². The van der Waals surface area contributed by atoms with Crippen LogP contribution in [0.1, 0.15) is 53.9 Å².